The highest BCUT2D eigenvalue weighted by Gasteiger charge is 1.93. The van der Waals surface area contributed by atoms with Gasteiger partial charge in [-0.1, -0.05) is 22.6 Å². The van der Waals surface area contributed by atoms with Crippen LogP contribution in [0, 0.1) is 6.92 Å². The molecule has 1 aromatic heterocycles. The van der Waals surface area contributed by atoms with Gasteiger partial charge in [-0.25, -0.2) is 0 Å². The number of nitrogens with zero attached hydrogens (tertiary/aromatic N) is 1. The van der Waals surface area contributed by atoms with Crippen LogP contribution in [-0.2, 0) is 6.42 Å². The van der Waals surface area contributed by atoms with Crippen molar-refractivity contribution in [2.45, 2.75) is 13.3 Å². The number of halogens is 1. The van der Waals surface area contributed by atoms with Crippen molar-refractivity contribution in [3.05, 3.63) is 29.6 Å². The SMILES string of the molecule is Cc1cnccc1CCI. The van der Waals surface area contributed by atoms with Crippen molar-refractivity contribution in [2.75, 3.05) is 4.43 Å². The number of pyridine rings is 1. The van der Waals surface area contributed by atoms with E-state index in [1.54, 1.807) is 0 Å². The summed E-state index contributed by atoms with van der Waals surface area (Å²) in [7, 11) is 0. The van der Waals surface area contributed by atoms with E-state index in [1.807, 2.05) is 12.4 Å². The fraction of sp³-hybridized carbons (Fsp3) is 0.375. The van der Waals surface area contributed by atoms with Crippen molar-refractivity contribution in [3.8, 4) is 0 Å². The highest BCUT2D eigenvalue weighted by Crippen LogP contribution is 2.06. The normalized spacial score (nSPS) is 9.80. The number of rotatable bonds is 2. The highest BCUT2D eigenvalue weighted by molar-refractivity contribution is 14.1. The summed E-state index contributed by atoms with van der Waals surface area (Å²) < 4.78 is 1.18. The molecule has 0 N–H and O–H groups in total. The van der Waals surface area contributed by atoms with Crippen LogP contribution in [0.25, 0.3) is 0 Å². The highest BCUT2D eigenvalue weighted by atomic mass is 127. The summed E-state index contributed by atoms with van der Waals surface area (Å²) in [5.74, 6) is 0. The third-order valence-corrected chi connectivity index (χ3v) is 2.04. The molecule has 0 unspecified atom stereocenters. The molecule has 1 heterocycles. The summed E-state index contributed by atoms with van der Waals surface area (Å²) in [4.78, 5) is 4.02. The lowest BCUT2D eigenvalue weighted by Crippen LogP contribution is -1.90. The Morgan fingerprint density at radius 3 is 3.00 bits per heavy atom. The summed E-state index contributed by atoms with van der Waals surface area (Å²) in [6.45, 7) is 2.11. The molecule has 0 aliphatic rings. The molecule has 1 aromatic rings. The minimum atomic E-state index is 1.16. The second-order valence-electron chi connectivity index (χ2n) is 2.24. The molecule has 0 spiro atoms. The molecule has 0 saturated carbocycles. The molecule has 0 radical (unpaired) electrons. The zero-order valence-electron chi connectivity index (χ0n) is 5.97. The van der Waals surface area contributed by atoms with E-state index < -0.39 is 0 Å². The van der Waals surface area contributed by atoms with Gasteiger partial charge in [0.25, 0.3) is 0 Å². The molecular formula is C8H10IN. The average molecular weight is 247 g/mol. The summed E-state index contributed by atoms with van der Waals surface area (Å²) >= 11 is 2.39. The second-order valence-corrected chi connectivity index (χ2v) is 3.32. The Morgan fingerprint density at radius 2 is 2.40 bits per heavy atom. The van der Waals surface area contributed by atoms with Crippen molar-refractivity contribution in [3.63, 3.8) is 0 Å². The predicted octanol–water partition coefficient (Wildman–Crippen LogP) is 2.37. The molecule has 0 saturated heterocycles. The molecular weight excluding hydrogens is 237 g/mol. The zero-order chi connectivity index (χ0) is 7.40. The number of alkyl halides is 1. The van der Waals surface area contributed by atoms with Crippen LogP contribution in [0.1, 0.15) is 11.1 Å². The molecule has 0 aliphatic heterocycles. The standard InChI is InChI=1S/C8H10IN/c1-7-6-10-5-3-8(7)2-4-9/h3,5-6H,2,4H2,1H3. The van der Waals surface area contributed by atoms with E-state index in [-0.39, 0.29) is 0 Å². The van der Waals surface area contributed by atoms with Crippen LogP contribution in [0.15, 0.2) is 18.5 Å². The number of aromatic nitrogens is 1. The molecule has 1 nitrogen and oxygen atoms in total. The minimum absolute atomic E-state index is 1.16. The quantitative estimate of drug-likeness (QED) is 0.577. The maximum Gasteiger partial charge on any atom is 0.0299 e. The van der Waals surface area contributed by atoms with Crippen molar-refractivity contribution >= 4 is 22.6 Å². The van der Waals surface area contributed by atoms with Crippen molar-refractivity contribution in [2.24, 2.45) is 0 Å². The van der Waals surface area contributed by atoms with Crippen molar-refractivity contribution < 1.29 is 0 Å². The van der Waals surface area contributed by atoms with Gasteiger partial charge < -0.3 is 0 Å². The van der Waals surface area contributed by atoms with Gasteiger partial charge in [0, 0.05) is 16.8 Å². The molecule has 54 valence electrons. The Balaban J connectivity index is 2.81. The van der Waals surface area contributed by atoms with Gasteiger partial charge in [-0.05, 0) is 30.5 Å². The zero-order valence-corrected chi connectivity index (χ0v) is 8.13. The molecule has 0 fully saturated rings. The summed E-state index contributed by atoms with van der Waals surface area (Å²) in [6.07, 6.45) is 4.94. The molecule has 0 bridgehead atoms. The topological polar surface area (TPSA) is 12.9 Å². The Morgan fingerprint density at radius 1 is 1.60 bits per heavy atom. The van der Waals surface area contributed by atoms with E-state index in [9.17, 15) is 0 Å². The predicted molar refractivity (Wildman–Crippen MR) is 51.6 cm³/mol. The number of hydrogen-bond donors (Lipinski definition) is 0. The molecule has 0 amide bonds. The Hall–Kier alpha value is -0.120. The largest absolute Gasteiger partial charge is 0.264 e. The summed E-state index contributed by atoms with van der Waals surface area (Å²) in [5.41, 5.74) is 2.73. The molecule has 0 aromatic carbocycles. The van der Waals surface area contributed by atoms with Gasteiger partial charge in [0.15, 0.2) is 0 Å². The van der Waals surface area contributed by atoms with E-state index in [0.717, 1.165) is 6.42 Å². The van der Waals surface area contributed by atoms with E-state index in [2.05, 4.69) is 40.6 Å². The van der Waals surface area contributed by atoms with Gasteiger partial charge in [-0.15, -0.1) is 0 Å². The monoisotopic (exact) mass is 247 g/mol. The fourth-order valence-electron chi connectivity index (χ4n) is 0.885. The van der Waals surface area contributed by atoms with E-state index in [1.165, 1.54) is 15.6 Å². The van der Waals surface area contributed by atoms with Gasteiger partial charge in [-0.3, -0.25) is 4.98 Å². The first-order chi connectivity index (χ1) is 4.84. The van der Waals surface area contributed by atoms with E-state index in [4.69, 9.17) is 0 Å². The lowest BCUT2D eigenvalue weighted by molar-refractivity contribution is 1.11. The Bertz CT molecular complexity index is 210. The molecule has 0 atom stereocenters. The first kappa shape index (κ1) is 7.98. The van der Waals surface area contributed by atoms with Crippen LogP contribution in [0.4, 0.5) is 0 Å². The van der Waals surface area contributed by atoms with Crippen LogP contribution in [-0.4, -0.2) is 9.41 Å². The third-order valence-electron chi connectivity index (χ3n) is 1.50. The Kier molecular flexibility index (Phi) is 3.12. The maximum atomic E-state index is 4.02. The second kappa shape index (κ2) is 3.91. The van der Waals surface area contributed by atoms with Gasteiger partial charge in [0.05, 0.1) is 0 Å². The Labute approximate surface area is 75.0 Å². The van der Waals surface area contributed by atoms with Crippen LogP contribution in [0.2, 0.25) is 0 Å². The molecule has 0 aliphatic carbocycles. The van der Waals surface area contributed by atoms with Crippen LogP contribution in [0.5, 0.6) is 0 Å². The lowest BCUT2D eigenvalue weighted by Gasteiger charge is -1.99. The molecule has 2 heteroatoms. The first-order valence-corrected chi connectivity index (χ1v) is 4.82. The minimum Gasteiger partial charge on any atom is -0.264 e. The van der Waals surface area contributed by atoms with Crippen LogP contribution in [0.3, 0.4) is 0 Å². The van der Waals surface area contributed by atoms with E-state index >= 15 is 0 Å². The van der Waals surface area contributed by atoms with E-state index in [0.29, 0.717) is 0 Å². The molecule has 1 rings (SSSR count). The first-order valence-electron chi connectivity index (χ1n) is 3.30. The fourth-order valence-corrected chi connectivity index (χ4v) is 1.47. The van der Waals surface area contributed by atoms with Gasteiger partial charge >= 0.3 is 0 Å². The number of aryl methyl sites for hydroxylation is 2. The van der Waals surface area contributed by atoms with Crippen LogP contribution < -0.4 is 0 Å². The summed E-state index contributed by atoms with van der Waals surface area (Å²) in [5, 5.41) is 0. The van der Waals surface area contributed by atoms with Gasteiger partial charge in [0.1, 0.15) is 0 Å². The lowest BCUT2D eigenvalue weighted by atomic mass is 10.1. The number of hydrogen-bond acceptors (Lipinski definition) is 1. The van der Waals surface area contributed by atoms with Crippen molar-refractivity contribution in [1.29, 1.82) is 0 Å². The molecule has 10 heavy (non-hydrogen) atoms. The smallest absolute Gasteiger partial charge is 0.0299 e. The van der Waals surface area contributed by atoms with Crippen LogP contribution >= 0.6 is 22.6 Å². The summed E-state index contributed by atoms with van der Waals surface area (Å²) in [6, 6.07) is 2.09. The van der Waals surface area contributed by atoms with Gasteiger partial charge in [-0.2, -0.15) is 0 Å². The van der Waals surface area contributed by atoms with Gasteiger partial charge in [0.2, 0.25) is 0 Å². The maximum absolute atomic E-state index is 4.02. The average Bonchev–Trinajstić information content (AvgIpc) is 1.94. The van der Waals surface area contributed by atoms with Crippen molar-refractivity contribution in [1.82, 2.24) is 4.98 Å². The third kappa shape index (κ3) is 1.94.